The molecule has 4 nitrogen and oxygen atoms in total. The van der Waals surface area contributed by atoms with Gasteiger partial charge in [0.1, 0.15) is 18.2 Å². The molecule has 0 spiro atoms. The quantitative estimate of drug-likeness (QED) is 0.586. The van der Waals surface area contributed by atoms with E-state index in [4.69, 9.17) is 0 Å². The maximum atomic E-state index is 13.5. The number of carbonyl (C=O) groups is 2. The summed E-state index contributed by atoms with van der Waals surface area (Å²) in [6.45, 7) is 3.54. The summed E-state index contributed by atoms with van der Waals surface area (Å²) in [6.07, 6.45) is 0. The summed E-state index contributed by atoms with van der Waals surface area (Å²) in [7, 11) is 0. The molecular weight excluding hydrogens is 429 g/mol. The van der Waals surface area contributed by atoms with Crippen LogP contribution in [-0.2, 0) is 4.79 Å². The summed E-state index contributed by atoms with van der Waals surface area (Å²) in [5.41, 5.74) is 1.55. The minimum Gasteiger partial charge on any atom is -0.324 e. The fourth-order valence-corrected chi connectivity index (χ4v) is 2.79. The third kappa shape index (κ3) is 2.91. The standard InChI is InChI=1S/C17H11F2IN2O2/c1-9-11-4-2-3-5-12(11)17(24)22(9)8-15(23)21-10-6-13(18)16(20)14(19)7-10/h2-7H,1,8H2,(H,21,23). The van der Waals surface area contributed by atoms with Gasteiger partial charge in [0.15, 0.2) is 0 Å². The third-order valence-electron chi connectivity index (χ3n) is 3.61. The van der Waals surface area contributed by atoms with Crippen LogP contribution in [0.5, 0.6) is 0 Å². The van der Waals surface area contributed by atoms with Gasteiger partial charge in [-0.2, -0.15) is 0 Å². The van der Waals surface area contributed by atoms with E-state index in [1.807, 2.05) is 0 Å². The molecule has 3 rings (SSSR count). The maximum Gasteiger partial charge on any atom is 0.259 e. The smallest absolute Gasteiger partial charge is 0.259 e. The highest BCUT2D eigenvalue weighted by molar-refractivity contribution is 14.1. The van der Waals surface area contributed by atoms with Crippen molar-refractivity contribution in [2.45, 2.75) is 0 Å². The van der Waals surface area contributed by atoms with E-state index in [0.29, 0.717) is 16.8 Å². The van der Waals surface area contributed by atoms with Crippen molar-refractivity contribution in [1.29, 1.82) is 0 Å². The Balaban J connectivity index is 1.75. The fraction of sp³-hybridized carbons (Fsp3) is 0.0588. The van der Waals surface area contributed by atoms with Crippen LogP contribution in [0.1, 0.15) is 15.9 Å². The molecule has 0 aromatic heterocycles. The van der Waals surface area contributed by atoms with Gasteiger partial charge in [-0.05, 0) is 40.8 Å². The Morgan fingerprint density at radius 1 is 1.17 bits per heavy atom. The van der Waals surface area contributed by atoms with E-state index in [2.05, 4.69) is 11.9 Å². The lowest BCUT2D eigenvalue weighted by molar-refractivity contribution is -0.116. The monoisotopic (exact) mass is 440 g/mol. The second kappa shape index (κ2) is 6.31. The van der Waals surface area contributed by atoms with Crippen molar-refractivity contribution in [1.82, 2.24) is 4.90 Å². The van der Waals surface area contributed by atoms with Crippen molar-refractivity contribution in [3.05, 3.63) is 69.3 Å². The number of hydrogen-bond donors (Lipinski definition) is 1. The van der Waals surface area contributed by atoms with E-state index in [-0.39, 0.29) is 21.7 Å². The number of anilines is 1. The van der Waals surface area contributed by atoms with Crippen LogP contribution in [0.15, 0.2) is 43.0 Å². The van der Waals surface area contributed by atoms with Gasteiger partial charge in [-0.25, -0.2) is 8.78 Å². The number of nitrogens with zero attached hydrogens (tertiary/aromatic N) is 1. The largest absolute Gasteiger partial charge is 0.324 e. The molecule has 122 valence electrons. The molecule has 0 saturated heterocycles. The normalized spacial score (nSPS) is 13.2. The Morgan fingerprint density at radius 2 is 1.75 bits per heavy atom. The molecular formula is C17H11F2IN2O2. The second-order valence-electron chi connectivity index (χ2n) is 5.19. The summed E-state index contributed by atoms with van der Waals surface area (Å²) in [5.74, 6) is -2.43. The Labute approximate surface area is 150 Å². The van der Waals surface area contributed by atoms with Gasteiger partial charge in [-0.3, -0.25) is 14.5 Å². The van der Waals surface area contributed by atoms with E-state index >= 15 is 0 Å². The molecule has 0 atom stereocenters. The highest BCUT2D eigenvalue weighted by atomic mass is 127. The lowest BCUT2D eigenvalue weighted by Crippen LogP contribution is -2.32. The van der Waals surface area contributed by atoms with E-state index in [0.717, 1.165) is 12.1 Å². The Hall–Kier alpha value is -2.29. The molecule has 2 amide bonds. The molecule has 1 aliphatic rings. The van der Waals surface area contributed by atoms with Crippen molar-refractivity contribution in [2.24, 2.45) is 0 Å². The highest BCUT2D eigenvalue weighted by Crippen LogP contribution is 2.30. The number of rotatable bonds is 3. The van der Waals surface area contributed by atoms with Crippen LogP contribution >= 0.6 is 22.6 Å². The summed E-state index contributed by atoms with van der Waals surface area (Å²) in [5, 5.41) is 2.39. The zero-order valence-electron chi connectivity index (χ0n) is 12.3. The van der Waals surface area contributed by atoms with Gasteiger partial charge in [-0.15, -0.1) is 0 Å². The Morgan fingerprint density at radius 3 is 2.33 bits per heavy atom. The second-order valence-corrected chi connectivity index (χ2v) is 6.26. The number of carbonyl (C=O) groups excluding carboxylic acids is 2. The lowest BCUT2D eigenvalue weighted by Gasteiger charge is -2.17. The zero-order chi connectivity index (χ0) is 17.4. The van der Waals surface area contributed by atoms with Gasteiger partial charge in [0, 0.05) is 22.5 Å². The first-order valence-electron chi connectivity index (χ1n) is 6.93. The van der Waals surface area contributed by atoms with E-state index in [9.17, 15) is 18.4 Å². The number of nitrogens with one attached hydrogen (secondary N) is 1. The molecule has 2 aromatic rings. The summed E-state index contributed by atoms with van der Waals surface area (Å²) >= 11 is 1.54. The summed E-state index contributed by atoms with van der Waals surface area (Å²) in [6, 6.07) is 8.96. The van der Waals surface area contributed by atoms with Crippen molar-refractivity contribution < 1.29 is 18.4 Å². The molecule has 1 heterocycles. The number of halogens is 3. The molecule has 0 bridgehead atoms. The van der Waals surface area contributed by atoms with Gasteiger partial charge in [0.05, 0.1) is 3.57 Å². The van der Waals surface area contributed by atoms with E-state index in [1.54, 1.807) is 24.3 Å². The molecule has 0 radical (unpaired) electrons. The number of fused-ring (bicyclic) bond motifs is 1. The van der Waals surface area contributed by atoms with Crippen LogP contribution in [0.2, 0.25) is 0 Å². The van der Waals surface area contributed by atoms with Crippen LogP contribution in [0.3, 0.4) is 0 Å². The van der Waals surface area contributed by atoms with Crippen molar-refractivity contribution in [2.75, 3.05) is 11.9 Å². The molecule has 7 heteroatoms. The molecule has 0 unspecified atom stereocenters. The summed E-state index contributed by atoms with van der Waals surface area (Å²) < 4.78 is 26.9. The predicted molar refractivity (Wildman–Crippen MR) is 94.2 cm³/mol. The van der Waals surface area contributed by atoms with E-state index < -0.39 is 17.5 Å². The third-order valence-corrected chi connectivity index (χ3v) is 4.64. The van der Waals surface area contributed by atoms with Crippen LogP contribution in [-0.4, -0.2) is 23.3 Å². The molecule has 1 aliphatic heterocycles. The Kier molecular flexibility index (Phi) is 4.35. The lowest BCUT2D eigenvalue weighted by atomic mass is 10.1. The van der Waals surface area contributed by atoms with Gasteiger partial charge < -0.3 is 5.32 Å². The van der Waals surface area contributed by atoms with Gasteiger partial charge in [0.2, 0.25) is 5.91 Å². The number of amides is 2. The van der Waals surface area contributed by atoms with Crippen LogP contribution in [0.25, 0.3) is 5.70 Å². The first-order valence-corrected chi connectivity index (χ1v) is 8.01. The van der Waals surface area contributed by atoms with E-state index in [1.165, 1.54) is 27.5 Å². The van der Waals surface area contributed by atoms with Crippen LogP contribution < -0.4 is 5.32 Å². The maximum absolute atomic E-state index is 13.5. The summed E-state index contributed by atoms with van der Waals surface area (Å²) in [4.78, 5) is 25.7. The average Bonchev–Trinajstić information content (AvgIpc) is 2.78. The van der Waals surface area contributed by atoms with Gasteiger partial charge in [0.25, 0.3) is 5.91 Å². The van der Waals surface area contributed by atoms with Crippen LogP contribution in [0, 0.1) is 15.2 Å². The number of benzene rings is 2. The molecule has 0 aliphatic carbocycles. The molecule has 24 heavy (non-hydrogen) atoms. The minimum absolute atomic E-state index is 0.00908. The molecule has 1 N–H and O–H groups in total. The van der Waals surface area contributed by atoms with Crippen molar-refractivity contribution in [3.8, 4) is 0 Å². The van der Waals surface area contributed by atoms with Crippen LogP contribution in [0.4, 0.5) is 14.5 Å². The first kappa shape index (κ1) is 16.6. The van der Waals surface area contributed by atoms with Gasteiger partial charge >= 0.3 is 0 Å². The molecule has 0 fully saturated rings. The fourth-order valence-electron chi connectivity index (χ4n) is 2.47. The highest BCUT2D eigenvalue weighted by Gasteiger charge is 2.31. The zero-order valence-corrected chi connectivity index (χ0v) is 14.4. The number of hydrogen-bond acceptors (Lipinski definition) is 2. The Bertz CT molecular complexity index is 825. The first-order chi connectivity index (χ1) is 11.4. The predicted octanol–water partition coefficient (Wildman–Crippen LogP) is 3.63. The topological polar surface area (TPSA) is 49.4 Å². The SMILES string of the molecule is C=C1c2ccccc2C(=O)N1CC(=O)Nc1cc(F)c(I)c(F)c1. The van der Waals surface area contributed by atoms with Crippen molar-refractivity contribution in [3.63, 3.8) is 0 Å². The minimum atomic E-state index is -0.764. The van der Waals surface area contributed by atoms with Crippen molar-refractivity contribution >= 4 is 45.8 Å². The molecule has 0 saturated carbocycles. The average molecular weight is 440 g/mol. The molecule has 2 aromatic carbocycles. The van der Waals surface area contributed by atoms with Gasteiger partial charge in [-0.1, -0.05) is 24.8 Å².